The van der Waals surface area contributed by atoms with Crippen molar-refractivity contribution >= 4 is 35.0 Å². The lowest BCUT2D eigenvalue weighted by atomic mass is 9.87. The monoisotopic (exact) mass is 584 g/mol. The quantitative estimate of drug-likeness (QED) is 0.205. The Morgan fingerprint density at radius 3 is 2.45 bits per heavy atom. The number of carbonyl (C=O) groups excluding carboxylic acids is 3. The lowest BCUT2D eigenvalue weighted by Crippen LogP contribution is -2.48. The Bertz CT molecular complexity index is 1430. The van der Waals surface area contributed by atoms with Gasteiger partial charge in [0.15, 0.2) is 6.61 Å². The number of rotatable bonds is 14. The van der Waals surface area contributed by atoms with Gasteiger partial charge in [-0.1, -0.05) is 24.3 Å². The number of primary amides is 1. The van der Waals surface area contributed by atoms with E-state index in [1.165, 1.54) is 24.4 Å². The smallest absolute Gasteiger partial charge is 0.479 e. The molecule has 2 aromatic carbocycles. The number of aliphatic carboxylic acids is 1. The zero-order valence-electron chi connectivity index (χ0n) is 23.2. The van der Waals surface area contributed by atoms with Crippen LogP contribution in [0.3, 0.4) is 0 Å². The third kappa shape index (κ3) is 10.1. The molecule has 0 spiro atoms. The minimum atomic E-state index is -1.43. The summed E-state index contributed by atoms with van der Waals surface area (Å²) >= 11 is 0. The van der Waals surface area contributed by atoms with E-state index in [1.54, 1.807) is 44.2 Å². The Balaban J connectivity index is 1.97. The van der Waals surface area contributed by atoms with Crippen LogP contribution in [0.2, 0.25) is 0 Å². The van der Waals surface area contributed by atoms with Gasteiger partial charge in [-0.15, -0.1) is 0 Å². The van der Waals surface area contributed by atoms with E-state index in [4.69, 9.17) is 15.6 Å². The van der Waals surface area contributed by atoms with Crippen molar-refractivity contribution in [1.29, 1.82) is 0 Å². The van der Waals surface area contributed by atoms with E-state index >= 15 is 0 Å². The first-order valence-electron chi connectivity index (χ1n) is 13.1. The predicted octanol–water partition coefficient (Wildman–Crippen LogP) is 2.76. The van der Waals surface area contributed by atoms with Crippen molar-refractivity contribution in [3.05, 3.63) is 71.8 Å². The number of fused-ring (bicyclic) bond motifs is 1. The summed E-state index contributed by atoms with van der Waals surface area (Å²) in [6.45, 7) is 2.12. The number of aliphatic hydroxyl groups is 1. The van der Waals surface area contributed by atoms with Crippen LogP contribution in [0.5, 0.6) is 0 Å². The predicted molar refractivity (Wildman–Crippen MR) is 148 cm³/mol. The van der Waals surface area contributed by atoms with Crippen molar-refractivity contribution in [2.24, 2.45) is 11.7 Å². The number of carbonyl (C=O) groups is 4. The van der Waals surface area contributed by atoms with E-state index in [2.05, 4.69) is 20.0 Å². The molecule has 0 saturated carbocycles. The topological polar surface area (TPSA) is 191 Å². The molecule has 5 N–H and O–H groups in total. The highest BCUT2D eigenvalue weighted by molar-refractivity contribution is 5.94. The van der Waals surface area contributed by atoms with E-state index in [-0.39, 0.29) is 31.4 Å². The maximum absolute atomic E-state index is 14.1. The summed E-state index contributed by atoms with van der Waals surface area (Å²) in [5, 5.41) is 21.8. The van der Waals surface area contributed by atoms with Gasteiger partial charge in [-0.3, -0.25) is 14.6 Å². The Morgan fingerprint density at radius 1 is 1.10 bits per heavy atom. The van der Waals surface area contributed by atoms with Gasteiger partial charge in [-0.05, 0) is 69.4 Å². The normalized spacial score (nSPS) is 13.5. The molecule has 3 rings (SSSR count). The van der Waals surface area contributed by atoms with Crippen LogP contribution in [0.15, 0.2) is 54.7 Å². The van der Waals surface area contributed by atoms with Crippen molar-refractivity contribution in [1.82, 2.24) is 15.3 Å². The van der Waals surface area contributed by atoms with Crippen LogP contribution < -0.4 is 11.1 Å². The van der Waals surface area contributed by atoms with Crippen molar-refractivity contribution in [2.45, 2.75) is 57.3 Å². The number of aromatic nitrogens is 2. The van der Waals surface area contributed by atoms with E-state index in [1.807, 2.05) is 0 Å². The fourth-order valence-electron chi connectivity index (χ4n) is 4.26. The maximum atomic E-state index is 14.1. The lowest BCUT2D eigenvalue weighted by molar-refractivity contribution is -0.141. The molecule has 0 aliphatic carbocycles. The van der Waals surface area contributed by atoms with Gasteiger partial charge >= 0.3 is 12.1 Å². The van der Waals surface area contributed by atoms with Gasteiger partial charge < -0.3 is 30.7 Å². The molecule has 13 heteroatoms. The second-order valence-electron chi connectivity index (χ2n) is 10.4. The summed E-state index contributed by atoms with van der Waals surface area (Å²) in [5.41, 5.74) is 5.88. The number of nitrogens with two attached hydrogens (primary N) is 1. The Hall–Kier alpha value is -4.65. The molecule has 0 saturated heterocycles. The highest BCUT2D eigenvalue weighted by atomic mass is 19.1. The molecule has 2 amide bonds. The number of hydrogen-bond acceptors (Lipinski definition) is 9. The van der Waals surface area contributed by atoms with Crippen molar-refractivity contribution in [2.75, 3.05) is 6.61 Å². The highest BCUT2D eigenvalue weighted by Gasteiger charge is 2.34. The molecule has 3 atom stereocenters. The van der Waals surface area contributed by atoms with E-state index in [0.29, 0.717) is 16.6 Å². The highest BCUT2D eigenvalue weighted by Crippen LogP contribution is 2.24. The third-order valence-electron chi connectivity index (χ3n) is 6.38. The van der Waals surface area contributed by atoms with Crippen molar-refractivity contribution < 1.29 is 43.3 Å². The largest absolute Gasteiger partial charge is 0.509 e. The number of ether oxygens (including phenoxy) is 2. The summed E-state index contributed by atoms with van der Waals surface area (Å²) in [7, 11) is 0. The van der Waals surface area contributed by atoms with Gasteiger partial charge in [-0.25, -0.2) is 19.0 Å². The molecule has 0 bridgehead atoms. The number of carboxylic acid groups (broad SMARTS) is 1. The Kier molecular flexibility index (Phi) is 10.9. The summed E-state index contributed by atoms with van der Waals surface area (Å²) in [6.07, 6.45) is -1.41. The third-order valence-corrected chi connectivity index (χ3v) is 6.38. The van der Waals surface area contributed by atoms with Gasteiger partial charge in [0.2, 0.25) is 5.91 Å². The summed E-state index contributed by atoms with van der Waals surface area (Å²) < 4.78 is 24.1. The number of para-hydroxylation sites is 2. The molecule has 224 valence electrons. The summed E-state index contributed by atoms with van der Waals surface area (Å²) in [5.74, 6) is -4.35. The first-order valence-corrected chi connectivity index (χ1v) is 13.1. The number of halogens is 1. The molecule has 1 heterocycles. The van der Waals surface area contributed by atoms with E-state index in [9.17, 15) is 28.7 Å². The number of amides is 2. The Labute approximate surface area is 241 Å². The summed E-state index contributed by atoms with van der Waals surface area (Å²) in [6, 6.07) is 11.3. The molecule has 3 aromatic rings. The van der Waals surface area contributed by atoms with Crippen LogP contribution in [-0.2, 0) is 25.5 Å². The van der Waals surface area contributed by atoms with Crippen LogP contribution in [0.4, 0.5) is 9.18 Å². The van der Waals surface area contributed by atoms with E-state index < -0.39 is 60.0 Å². The lowest BCUT2D eigenvalue weighted by Gasteiger charge is -2.30. The number of carboxylic acids is 1. The standard InChI is InChI=1S/C29H33FN4O8/c1-29(2,40)11-10-18(26(31)37)14-24(42-28(39)41-16-25(35)36)22(13-17-6-5-7-19(30)12-17)34-27(38)23-15-32-20-8-3-4-9-21(20)33-23/h3-9,12,15,18,22,24,40H,10-11,13-14,16H2,1-2H3,(H2,31,37)(H,34,38)(H,35,36)/t18-,22+,24-/m1/s1. The van der Waals surface area contributed by atoms with Gasteiger partial charge in [0.25, 0.3) is 5.91 Å². The SMILES string of the molecule is CC(C)(O)CC[C@H](C[C@@H](OC(=O)OCC(=O)O)[C@H](Cc1cccc(F)c1)NC(=O)c1cnc2ccccc2n1)C(N)=O. The van der Waals surface area contributed by atoms with Gasteiger partial charge in [0.1, 0.15) is 17.6 Å². The molecule has 0 radical (unpaired) electrons. The maximum Gasteiger partial charge on any atom is 0.509 e. The molecule has 0 aliphatic rings. The van der Waals surface area contributed by atoms with Crippen LogP contribution in [-0.4, -0.2) is 68.5 Å². The zero-order valence-corrected chi connectivity index (χ0v) is 23.2. The first-order chi connectivity index (χ1) is 19.8. The molecular weight excluding hydrogens is 551 g/mol. The summed E-state index contributed by atoms with van der Waals surface area (Å²) in [4.78, 5) is 57.7. The van der Waals surface area contributed by atoms with Crippen LogP contribution >= 0.6 is 0 Å². The average molecular weight is 585 g/mol. The number of hydrogen-bond donors (Lipinski definition) is 4. The minimum absolute atomic E-state index is 0.0568. The molecule has 12 nitrogen and oxygen atoms in total. The molecule has 42 heavy (non-hydrogen) atoms. The molecule has 0 fully saturated rings. The molecule has 0 unspecified atom stereocenters. The second kappa shape index (κ2) is 14.3. The fraction of sp³-hybridized carbons (Fsp3) is 0.379. The Morgan fingerprint density at radius 2 is 1.81 bits per heavy atom. The molecule has 0 aliphatic heterocycles. The minimum Gasteiger partial charge on any atom is -0.479 e. The first kappa shape index (κ1) is 31.9. The molecular formula is C29H33FN4O8. The van der Waals surface area contributed by atoms with E-state index in [0.717, 1.165) is 0 Å². The average Bonchev–Trinajstić information content (AvgIpc) is 2.92. The van der Waals surface area contributed by atoms with Crippen LogP contribution in [0.25, 0.3) is 11.0 Å². The van der Waals surface area contributed by atoms with Gasteiger partial charge in [0.05, 0.1) is 28.9 Å². The number of nitrogens with one attached hydrogen (secondary N) is 1. The zero-order chi connectivity index (χ0) is 30.9. The van der Waals surface area contributed by atoms with Crippen LogP contribution in [0.1, 0.15) is 49.2 Å². The molecule has 1 aromatic heterocycles. The van der Waals surface area contributed by atoms with Gasteiger partial charge in [-0.2, -0.15) is 0 Å². The number of nitrogens with zero attached hydrogens (tertiary/aromatic N) is 2. The van der Waals surface area contributed by atoms with Crippen molar-refractivity contribution in [3.63, 3.8) is 0 Å². The van der Waals surface area contributed by atoms with Gasteiger partial charge in [0, 0.05) is 5.92 Å². The van der Waals surface area contributed by atoms with Crippen molar-refractivity contribution in [3.8, 4) is 0 Å². The second-order valence-corrected chi connectivity index (χ2v) is 10.4. The fourth-order valence-corrected chi connectivity index (χ4v) is 4.26. The van der Waals surface area contributed by atoms with Crippen LogP contribution in [0, 0.1) is 11.7 Å². The number of benzene rings is 2.